The summed E-state index contributed by atoms with van der Waals surface area (Å²) in [5.74, 6) is -0.430. The summed E-state index contributed by atoms with van der Waals surface area (Å²) in [5.41, 5.74) is 2.62. The topological polar surface area (TPSA) is 49.4 Å². The van der Waals surface area contributed by atoms with Crippen LogP contribution in [0.4, 0.5) is 10.5 Å². The van der Waals surface area contributed by atoms with Gasteiger partial charge in [-0.25, -0.2) is 4.79 Å². The molecule has 1 unspecified atom stereocenters. The molecule has 0 aliphatic rings. The zero-order valence-corrected chi connectivity index (χ0v) is 11.7. The number of benzene rings is 1. The summed E-state index contributed by atoms with van der Waals surface area (Å²) >= 11 is 5.66. The molecule has 18 heavy (non-hydrogen) atoms. The van der Waals surface area contributed by atoms with E-state index in [1.165, 1.54) is 14.0 Å². The van der Waals surface area contributed by atoms with Crippen LogP contribution in [-0.2, 0) is 4.79 Å². The standard InChI is InChI=1S/C13H17ClN2O2/c1-8-6-5-7-9(2)11(8)15-13(18)16(4)12(17)10(3)14/h5-7,10H,1-4H3,(H,15,18). The normalized spacial score (nSPS) is 11.8. The van der Waals surface area contributed by atoms with Crippen LogP contribution < -0.4 is 5.32 Å². The number of nitrogens with one attached hydrogen (secondary N) is 1. The molecule has 0 saturated heterocycles. The van der Waals surface area contributed by atoms with Gasteiger partial charge in [0, 0.05) is 12.7 Å². The first kappa shape index (κ1) is 14.5. The molecule has 1 aromatic carbocycles. The van der Waals surface area contributed by atoms with Gasteiger partial charge in [0.2, 0.25) is 5.91 Å². The monoisotopic (exact) mass is 268 g/mol. The van der Waals surface area contributed by atoms with Crippen molar-refractivity contribution in [2.75, 3.05) is 12.4 Å². The lowest BCUT2D eigenvalue weighted by atomic mass is 10.1. The minimum absolute atomic E-state index is 0.430. The lowest BCUT2D eigenvalue weighted by Gasteiger charge is -2.19. The third-order valence-corrected chi connectivity index (χ3v) is 2.88. The maximum atomic E-state index is 11.9. The van der Waals surface area contributed by atoms with Crippen LogP contribution in [0.1, 0.15) is 18.1 Å². The number of aryl methyl sites for hydroxylation is 2. The van der Waals surface area contributed by atoms with E-state index in [2.05, 4.69) is 5.32 Å². The largest absolute Gasteiger partial charge is 0.328 e. The summed E-state index contributed by atoms with van der Waals surface area (Å²) < 4.78 is 0. The molecule has 1 atom stereocenters. The fourth-order valence-electron chi connectivity index (χ4n) is 1.57. The van der Waals surface area contributed by atoms with Crippen molar-refractivity contribution in [1.29, 1.82) is 0 Å². The van der Waals surface area contributed by atoms with Crippen molar-refractivity contribution in [2.45, 2.75) is 26.1 Å². The van der Waals surface area contributed by atoms with E-state index in [4.69, 9.17) is 11.6 Å². The molecular formula is C13H17ClN2O2. The maximum Gasteiger partial charge on any atom is 0.328 e. The Kier molecular flexibility index (Phi) is 4.73. The molecule has 1 N–H and O–H groups in total. The van der Waals surface area contributed by atoms with Crippen molar-refractivity contribution in [3.8, 4) is 0 Å². The van der Waals surface area contributed by atoms with Crippen LogP contribution in [0.3, 0.4) is 0 Å². The van der Waals surface area contributed by atoms with Crippen LogP contribution in [0, 0.1) is 13.8 Å². The molecule has 0 fully saturated rings. The van der Waals surface area contributed by atoms with Gasteiger partial charge in [0.15, 0.2) is 0 Å². The Bertz CT molecular complexity index is 452. The molecule has 0 bridgehead atoms. The molecule has 1 rings (SSSR count). The van der Waals surface area contributed by atoms with E-state index in [0.717, 1.165) is 21.7 Å². The second kappa shape index (κ2) is 5.87. The summed E-state index contributed by atoms with van der Waals surface area (Å²) in [4.78, 5) is 24.5. The molecular weight excluding hydrogens is 252 g/mol. The highest BCUT2D eigenvalue weighted by Gasteiger charge is 2.21. The molecule has 98 valence electrons. The predicted molar refractivity (Wildman–Crippen MR) is 73.0 cm³/mol. The van der Waals surface area contributed by atoms with Crippen molar-refractivity contribution in [3.05, 3.63) is 29.3 Å². The number of carbonyl (C=O) groups excluding carboxylic acids is 2. The third kappa shape index (κ3) is 3.23. The Morgan fingerprint density at radius 3 is 2.22 bits per heavy atom. The van der Waals surface area contributed by atoms with Crippen molar-refractivity contribution < 1.29 is 9.59 Å². The van der Waals surface area contributed by atoms with E-state index in [9.17, 15) is 9.59 Å². The minimum Gasteiger partial charge on any atom is -0.307 e. The first-order valence-electron chi connectivity index (χ1n) is 5.63. The fraction of sp³-hybridized carbons (Fsp3) is 0.385. The van der Waals surface area contributed by atoms with E-state index in [0.29, 0.717) is 0 Å². The van der Waals surface area contributed by atoms with E-state index in [1.807, 2.05) is 32.0 Å². The number of hydrogen-bond donors (Lipinski definition) is 1. The predicted octanol–water partition coefficient (Wildman–Crippen LogP) is 2.92. The van der Waals surface area contributed by atoms with Crippen LogP contribution in [0.25, 0.3) is 0 Å². The molecule has 0 heterocycles. The zero-order chi connectivity index (χ0) is 13.9. The lowest BCUT2D eigenvalue weighted by molar-refractivity contribution is -0.126. The number of nitrogens with zero attached hydrogens (tertiary/aromatic N) is 1. The summed E-state index contributed by atoms with van der Waals surface area (Å²) in [6.45, 7) is 5.33. The van der Waals surface area contributed by atoms with Gasteiger partial charge in [0.1, 0.15) is 5.38 Å². The molecule has 4 nitrogen and oxygen atoms in total. The van der Waals surface area contributed by atoms with Crippen molar-refractivity contribution in [2.24, 2.45) is 0 Å². The average molecular weight is 269 g/mol. The van der Waals surface area contributed by atoms with Gasteiger partial charge in [-0.15, -0.1) is 11.6 Å². The number of alkyl halides is 1. The molecule has 1 aromatic rings. The molecule has 5 heteroatoms. The highest BCUT2D eigenvalue weighted by atomic mass is 35.5. The van der Waals surface area contributed by atoms with Gasteiger partial charge < -0.3 is 5.32 Å². The highest BCUT2D eigenvalue weighted by Crippen LogP contribution is 2.19. The van der Waals surface area contributed by atoms with Gasteiger partial charge in [-0.1, -0.05) is 18.2 Å². The minimum atomic E-state index is -0.723. The second-order valence-corrected chi connectivity index (χ2v) is 4.86. The number of halogens is 1. The first-order chi connectivity index (χ1) is 8.34. The molecule has 0 aliphatic carbocycles. The summed E-state index contributed by atoms with van der Waals surface area (Å²) in [5, 5.41) is 2.00. The highest BCUT2D eigenvalue weighted by molar-refractivity contribution is 6.31. The SMILES string of the molecule is Cc1cccc(C)c1NC(=O)N(C)C(=O)C(C)Cl. The van der Waals surface area contributed by atoms with E-state index < -0.39 is 17.3 Å². The number of para-hydroxylation sites is 1. The van der Waals surface area contributed by atoms with Crippen LogP contribution >= 0.6 is 11.6 Å². The maximum absolute atomic E-state index is 11.9. The average Bonchev–Trinajstić information content (AvgIpc) is 2.31. The molecule has 0 saturated carbocycles. The Morgan fingerprint density at radius 2 is 1.78 bits per heavy atom. The van der Waals surface area contributed by atoms with E-state index >= 15 is 0 Å². The molecule has 3 amide bonds. The van der Waals surface area contributed by atoms with Crippen molar-refractivity contribution in [3.63, 3.8) is 0 Å². The number of rotatable bonds is 2. The smallest absolute Gasteiger partial charge is 0.307 e. The van der Waals surface area contributed by atoms with Gasteiger partial charge in [0.25, 0.3) is 0 Å². The number of hydrogen-bond acceptors (Lipinski definition) is 2. The molecule has 0 spiro atoms. The Labute approximate surface area is 112 Å². The number of imide groups is 1. The first-order valence-corrected chi connectivity index (χ1v) is 6.07. The van der Waals surface area contributed by atoms with Crippen molar-refractivity contribution in [1.82, 2.24) is 4.90 Å². The van der Waals surface area contributed by atoms with Crippen LogP contribution in [0.15, 0.2) is 18.2 Å². The van der Waals surface area contributed by atoms with E-state index in [-0.39, 0.29) is 0 Å². The number of amides is 3. The summed E-state index contributed by atoms with van der Waals surface area (Å²) in [6, 6.07) is 5.23. The third-order valence-electron chi connectivity index (χ3n) is 2.69. The molecule has 0 aliphatic heterocycles. The van der Waals surface area contributed by atoms with Gasteiger partial charge in [0.05, 0.1) is 0 Å². The summed E-state index contributed by atoms with van der Waals surface area (Å²) in [6.07, 6.45) is 0. The molecule has 0 aromatic heterocycles. The Balaban J connectivity index is 2.85. The zero-order valence-electron chi connectivity index (χ0n) is 11.0. The van der Waals surface area contributed by atoms with E-state index in [1.54, 1.807) is 0 Å². The van der Waals surface area contributed by atoms with Crippen LogP contribution in [0.5, 0.6) is 0 Å². The lowest BCUT2D eigenvalue weighted by Crippen LogP contribution is -2.40. The number of carbonyl (C=O) groups is 2. The van der Waals surface area contributed by atoms with Crippen LogP contribution in [-0.4, -0.2) is 29.3 Å². The Hall–Kier alpha value is -1.55. The second-order valence-electron chi connectivity index (χ2n) is 4.21. The quantitative estimate of drug-likeness (QED) is 0.839. The van der Waals surface area contributed by atoms with Crippen molar-refractivity contribution >= 4 is 29.2 Å². The summed E-state index contributed by atoms with van der Waals surface area (Å²) in [7, 11) is 1.41. The fourth-order valence-corrected chi connectivity index (χ4v) is 1.72. The number of urea groups is 1. The molecule has 0 radical (unpaired) electrons. The Morgan fingerprint density at radius 1 is 1.28 bits per heavy atom. The van der Waals surface area contributed by atoms with Gasteiger partial charge in [-0.3, -0.25) is 9.69 Å². The number of anilines is 1. The van der Waals surface area contributed by atoms with Gasteiger partial charge >= 0.3 is 6.03 Å². The van der Waals surface area contributed by atoms with Gasteiger partial charge in [-0.05, 0) is 31.9 Å². The van der Waals surface area contributed by atoms with Crippen LogP contribution in [0.2, 0.25) is 0 Å². The van der Waals surface area contributed by atoms with Gasteiger partial charge in [-0.2, -0.15) is 0 Å².